The third kappa shape index (κ3) is 3.25. The molecule has 3 aromatic carbocycles. The van der Waals surface area contributed by atoms with E-state index in [4.69, 9.17) is 14.2 Å². The van der Waals surface area contributed by atoms with Crippen LogP contribution in [0.4, 0.5) is 0 Å². The molecule has 0 saturated heterocycles. The summed E-state index contributed by atoms with van der Waals surface area (Å²) in [6, 6.07) is 22.1. The van der Waals surface area contributed by atoms with E-state index in [1.54, 1.807) is 7.11 Å². The molecule has 1 fully saturated rings. The fourth-order valence-corrected chi connectivity index (χ4v) is 4.07. The van der Waals surface area contributed by atoms with Gasteiger partial charge in [-0.25, -0.2) is 0 Å². The van der Waals surface area contributed by atoms with Gasteiger partial charge in [0.15, 0.2) is 11.5 Å². The molecule has 0 unspecified atom stereocenters. The van der Waals surface area contributed by atoms with Gasteiger partial charge in [-0.1, -0.05) is 42.5 Å². The molecule has 0 radical (unpaired) electrons. The first kappa shape index (κ1) is 17.8. The summed E-state index contributed by atoms with van der Waals surface area (Å²) in [6.45, 7) is 0.247. The van der Waals surface area contributed by atoms with Crippen molar-refractivity contribution in [3.8, 4) is 28.4 Å². The minimum atomic E-state index is -0.382. The number of ketones is 1. The third-order valence-corrected chi connectivity index (χ3v) is 5.90. The maximum Gasteiger partial charge on any atom is 0.231 e. The van der Waals surface area contributed by atoms with E-state index in [2.05, 4.69) is 18.2 Å². The van der Waals surface area contributed by atoms with Crippen molar-refractivity contribution in [2.45, 2.75) is 24.7 Å². The Morgan fingerprint density at radius 3 is 2.48 bits per heavy atom. The van der Waals surface area contributed by atoms with Gasteiger partial charge in [0, 0.05) is 6.42 Å². The number of rotatable bonds is 6. The van der Waals surface area contributed by atoms with Gasteiger partial charge in [0.25, 0.3) is 0 Å². The predicted octanol–water partition coefficient (Wildman–Crippen LogP) is 4.93. The van der Waals surface area contributed by atoms with Crippen molar-refractivity contribution >= 4 is 5.78 Å². The molecule has 0 N–H and O–H groups in total. The summed E-state index contributed by atoms with van der Waals surface area (Å²) < 4.78 is 16.2. The molecule has 4 heteroatoms. The summed E-state index contributed by atoms with van der Waals surface area (Å²) in [7, 11) is 1.67. The molecule has 0 atom stereocenters. The zero-order valence-corrected chi connectivity index (χ0v) is 16.3. The third-order valence-electron chi connectivity index (χ3n) is 5.90. The van der Waals surface area contributed by atoms with Crippen molar-refractivity contribution in [3.63, 3.8) is 0 Å². The highest BCUT2D eigenvalue weighted by molar-refractivity contribution is 5.95. The average molecular weight is 386 g/mol. The van der Waals surface area contributed by atoms with Gasteiger partial charge < -0.3 is 14.2 Å². The van der Waals surface area contributed by atoms with Crippen LogP contribution in [0.3, 0.4) is 0 Å². The van der Waals surface area contributed by atoms with E-state index in [0.29, 0.717) is 6.42 Å². The molecule has 3 aromatic rings. The maximum absolute atomic E-state index is 13.3. The second-order valence-corrected chi connectivity index (χ2v) is 7.68. The topological polar surface area (TPSA) is 44.8 Å². The molecule has 2 aliphatic rings. The monoisotopic (exact) mass is 386 g/mol. The van der Waals surface area contributed by atoms with E-state index in [1.807, 2.05) is 48.5 Å². The number of fused-ring (bicyclic) bond motifs is 1. The normalized spacial score (nSPS) is 15.8. The summed E-state index contributed by atoms with van der Waals surface area (Å²) in [4.78, 5) is 13.3. The molecule has 0 bridgehead atoms. The molecule has 1 saturated carbocycles. The van der Waals surface area contributed by atoms with Gasteiger partial charge in [-0.3, -0.25) is 4.79 Å². The highest BCUT2D eigenvalue weighted by Crippen LogP contribution is 2.51. The lowest BCUT2D eigenvalue weighted by Gasteiger charge is -2.15. The van der Waals surface area contributed by atoms with Crippen LogP contribution in [0.5, 0.6) is 17.2 Å². The van der Waals surface area contributed by atoms with Gasteiger partial charge in [0.05, 0.1) is 12.5 Å². The molecule has 1 heterocycles. The average Bonchev–Trinajstić information content (AvgIpc) is 3.45. The quantitative estimate of drug-likeness (QED) is 0.602. The second-order valence-electron chi connectivity index (χ2n) is 7.68. The lowest BCUT2D eigenvalue weighted by atomic mass is 9.87. The first-order valence-corrected chi connectivity index (χ1v) is 9.85. The van der Waals surface area contributed by atoms with Crippen LogP contribution in [0.2, 0.25) is 0 Å². The second kappa shape index (κ2) is 6.96. The first-order chi connectivity index (χ1) is 14.2. The number of carbonyl (C=O) groups excluding carboxylic acids is 1. The number of benzene rings is 3. The highest BCUT2D eigenvalue weighted by Gasteiger charge is 2.50. The number of methoxy groups -OCH3 is 1. The predicted molar refractivity (Wildman–Crippen MR) is 111 cm³/mol. The Bertz CT molecular complexity index is 1080. The van der Waals surface area contributed by atoms with E-state index in [-0.39, 0.29) is 18.0 Å². The van der Waals surface area contributed by atoms with Crippen LogP contribution in [0.1, 0.15) is 24.0 Å². The van der Waals surface area contributed by atoms with Gasteiger partial charge in [0.2, 0.25) is 6.79 Å². The molecule has 146 valence electrons. The van der Waals surface area contributed by atoms with E-state index in [0.717, 1.165) is 52.3 Å². The van der Waals surface area contributed by atoms with Crippen LogP contribution >= 0.6 is 0 Å². The van der Waals surface area contributed by atoms with E-state index in [9.17, 15) is 4.79 Å². The minimum absolute atomic E-state index is 0.247. The number of carbonyl (C=O) groups is 1. The first-order valence-electron chi connectivity index (χ1n) is 9.85. The highest BCUT2D eigenvalue weighted by atomic mass is 16.7. The lowest BCUT2D eigenvalue weighted by Crippen LogP contribution is -2.22. The maximum atomic E-state index is 13.3. The van der Waals surface area contributed by atoms with Crippen LogP contribution in [0.25, 0.3) is 11.1 Å². The van der Waals surface area contributed by atoms with Gasteiger partial charge in [-0.15, -0.1) is 0 Å². The Hall–Kier alpha value is -3.27. The van der Waals surface area contributed by atoms with E-state index in [1.165, 1.54) is 0 Å². The zero-order valence-electron chi connectivity index (χ0n) is 16.3. The van der Waals surface area contributed by atoms with Crippen LogP contribution < -0.4 is 14.2 Å². The Labute approximate surface area is 170 Å². The summed E-state index contributed by atoms with van der Waals surface area (Å²) in [5.41, 5.74) is 3.85. The number of ether oxygens (including phenoxy) is 3. The molecule has 4 nitrogen and oxygen atoms in total. The molecule has 0 aromatic heterocycles. The number of Topliss-reactive ketones (excluding diaryl/α,β-unsaturated/α-hetero) is 1. The van der Waals surface area contributed by atoms with Crippen molar-refractivity contribution in [2.75, 3.05) is 13.9 Å². The van der Waals surface area contributed by atoms with Crippen LogP contribution in [-0.2, 0) is 16.6 Å². The van der Waals surface area contributed by atoms with Gasteiger partial charge >= 0.3 is 0 Å². The molecule has 1 aliphatic heterocycles. The standard InChI is InChI=1S/C25H22O4/c1-27-21-7-3-6-19(14-21)18-5-2-4-17(12-18)13-24(26)25(10-11-25)20-8-9-22-23(15-20)29-16-28-22/h2-9,12,14-15H,10-11,13,16H2,1H3. The van der Waals surface area contributed by atoms with Crippen molar-refractivity contribution in [2.24, 2.45) is 0 Å². The van der Waals surface area contributed by atoms with Crippen molar-refractivity contribution < 1.29 is 19.0 Å². The minimum Gasteiger partial charge on any atom is -0.497 e. The summed E-state index contributed by atoms with van der Waals surface area (Å²) in [5.74, 6) is 2.58. The smallest absolute Gasteiger partial charge is 0.231 e. The fourth-order valence-electron chi connectivity index (χ4n) is 4.07. The van der Waals surface area contributed by atoms with Crippen molar-refractivity contribution in [1.82, 2.24) is 0 Å². The molecular formula is C25H22O4. The summed E-state index contributed by atoms with van der Waals surface area (Å²) in [5, 5.41) is 0. The fraction of sp³-hybridized carbons (Fsp3) is 0.240. The van der Waals surface area contributed by atoms with Gasteiger partial charge in [-0.2, -0.15) is 0 Å². The van der Waals surface area contributed by atoms with Gasteiger partial charge in [-0.05, 0) is 59.4 Å². The lowest BCUT2D eigenvalue weighted by molar-refractivity contribution is -0.120. The number of hydrogen-bond acceptors (Lipinski definition) is 4. The summed E-state index contributed by atoms with van der Waals surface area (Å²) in [6.07, 6.45) is 2.20. The van der Waals surface area contributed by atoms with Gasteiger partial charge in [0.1, 0.15) is 11.5 Å². The van der Waals surface area contributed by atoms with E-state index < -0.39 is 0 Å². The molecule has 29 heavy (non-hydrogen) atoms. The Balaban J connectivity index is 1.38. The Kier molecular flexibility index (Phi) is 4.27. The SMILES string of the molecule is COc1cccc(-c2cccc(CC(=O)C3(c4ccc5c(c4)OCO5)CC3)c2)c1. The molecule has 5 rings (SSSR count). The van der Waals surface area contributed by atoms with E-state index >= 15 is 0 Å². The largest absolute Gasteiger partial charge is 0.497 e. The summed E-state index contributed by atoms with van der Waals surface area (Å²) >= 11 is 0. The van der Waals surface area contributed by atoms with Crippen molar-refractivity contribution in [1.29, 1.82) is 0 Å². The zero-order chi connectivity index (χ0) is 19.8. The van der Waals surface area contributed by atoms with Crippen LogP contribution in [0, 0.1) is 0 Å². The molecule has 1 aliphatic carbocycles. The number of hydrogen-bond donors (Lipinski definition) is 0. The molecular weight excluding hydrogens is 364 g/mol. The molecule has 0 spiro atoms. The van der Waals surface area contributed by atoms with Crippen LogP contribution in [0.15, 0.2) is 66.7 Å². The van der Waals surface area contributed by atoms with Crippen LogP contribution in [-0.4, -0.2) is 19.7 Å². The Morgan fingerprint density at radius 2 is 1.69 bits per heavy atom. The van der Waals surface area contributed by atoms with Crippen molar-refractivity contribution in [3.05, 3.63) is 77.9 Å². The molecule has 0 amide bonds. The Morgan fingerprint density at radius 1 is 0.931 bits per heavy atom.